The molecule has 6 heteroatoms. The lowest BCUT2D eigenvalue weighted by Crippen LogP contribution is -2.11. The molecule has 1 aliphatic rings. The van der Waals surface area contributed by atoms with Crippen molar-refractivity contribution in [3.05, 3.63) is 29.8 Å². The first-order valence-corrected chi connectivity index (χ1v) is 5.63. The summed E-state index contributed by atoms with van der Waals surface area (Å²) >= 11 is 0. The lowest BCUT2D eigenvalue weighted by Gasteiger charge is -2.12. The summed E-state index contributed by atoms with van der Waals surface area (Å²) in [6.07, 6.45) is 4.34. The van der Waals surface area contributed by atoms with E-state index in [1.54, 1.807) is 6.26 Å². The number of furan rings is 1. The summed E-state index contributed by atoms with van der Waals surface area (Å²) in [7, 11) is 0. The third kappa shape index (κ3) is 1.58. The summed E-state index contributed by atoms with van der Waals surface area (Å²) in [5, 5.41) is 9.12. The van der Waals surface area contributed by atoms with E-state index >= 15 is 0 Å². The number of nitrogens with two attached hydrogens (primary N) is 1. The number of fused-ring (bicyclic) bond motifs is 1. The summed E-state index contributed by atoms with van der Waals surface area (Å²) in [5.74, 6) is 0.310. The Morgan fingerprint density at radius 1 is 1.44 bits per heavy atom. The highest BCUT2D eigenvalue weighted by Gasteiger charge is 2.29. The fourth-order valence-electron chi connectivity index (χ4n) is 2.19. The van der Waals surface area contributed by atoms with Crippen LogP contribution < -0.4 is 5.73 Å². The zero-order valence-corrected chi connectivity index (χ0v) is 9.83. The molecular formula is C12H13N3O3. The molecule has 0 saturated carbocycles. The van der Waals surface area contributed by atoms with E-state index in [4.69, 9.17) is 20.0 Å². The molecule has 0 radical (unpaired) electrons. The third-order valence-electron chi connectivity index (χ3n) is 3.04. The van der Waals surface area contributed by atoms with Crippen LogP contribution in [0.25, 0.3) is 11.1 Å². The molecule has 0 aliphatic carbocycles. The number of ether oxygens (including phenoxy) is 1. The van der Waals surface area contributed by atoms with Crippen molar-refractivity contribution in [2.24, 2.45) is 0 Å². The molecule has 2 aromatic heterocycles. The largest absolute Gasteiger partial charge is 0.458 e. The number of anilines is 1. The first-order chi connectivity index (χ1) is 8.70. The van der Waals surface area contributed by atoms with Gasteiger partial charge in [0.25, 0.3) is 0 Å². The number of hydrogen-bond donors (Lipinski definition) is 2. The fourth-order valence-corrected chi connectivity index (χ4v) is 2.19. The van der Waals surface area contributed by atoms with Crippen LogP contribution in [-0.2, 0) is 4.74 Å². The molecule has 0 saturated heterocycles. The van der Waals surface area contributed by atoms with Gasteiger partial charge in [0.2, 0.25) is 0 Å². The van der Waals surface area contributed by atoms with Crippen LogP contribution >= 0.6 is 0 Å². The Bertz CT molecular complexity index is 620. The molecule has 0 spiro atoms. The van der Waals surface area contributed by atoms with Crippen molar-refractivity contribution >= 4 is 16.9 Å². The van der Waals surface area contributed by atoms with Gasteiger partial charge in [0.15, 0.2) is 11.4 Å². The molecule has 0 unspecified atom stereocenters. The minimum Gasteiger partial charge on any atom is -0.458 e. The second-order valence-electron chi connectivity index (χ2n) is 4.28. The maximum atomic E-state index is 9.12. The normalized spacial score (nSPS) is 23.6. The lowest BCUT2D eigenvalue weighted by atomic mass is 10.1. The summed E-state index contributed by atoms with van der Waals surface area (Å²) in [4.78, 5) is 8.05. The van der Waals surface area contributed by atoms with Crippen LogP contribution in [0.5, 0.6) is 0 Å². The Labute approximate surface area is 103 Å². The molecule has 6 nitrogen and oxygen atoms in total. The zero-order chi connectivity index (χ0) is 12.7. The lowest BCUT2D eigenvalue weighted by molar-refractivity contribution is 0.0223. The number of aliphatic hydroxyl groups is 1. The van der Waals surface area contributed by atoms with Gasteiger partial charge in [-0.05, 0) is 12.5 Å². The van der Waals surface area contributed by atoms with Crippen LogP contribution in [0.15, 0.2) is 28.7 Å². The molecule has 94 valence electrons. The predicted octanol–water partition coefficient (Wildman–Crippen LogP) is 1.18. The van der Waals surface area contributed by atoms with Gasteiger partial charge in [-0.2, -0.15) is 0 Å². The van der Waals surface area contributed by atoms with Gasteiger partial charge in [0, 0.05) is 5.56 Å². The number of aromatic nitrogens is 2. The van der Waals surface area contributed by atoms with Gasteiger partial charge in [-0.3, -0.25) is 0 Å². The van der Waals surface area contributed by atoms with Gasteiger partial charge in [-0.1, -0.05) is 6.08 Å². The first kappa shape index (κ1) is 11.2. The maximum Gasteiger partial charge on any atom is 0.194 e. The molecule has 3 rings (SSSR count). The van der Waals surface area contributed by atoms with E-state index in [1.165, 1.54) is 6.33 Å². The average Bonchev–Trinajstić information content (AvgIpc) is 2.93. The van der Waals surface area contributed by atoms with E-state index in [0.29, 0.717) is 16.9 Å². The highest BCUT2D eigenvalue weighted by molar-refractivity contribution is 5.85. The number of aliphatic hydroxyl groups excluding tert-OH is 1. The molecular weight excluding hydrogens is 234 g/mol. The standard InChI is InChI=1S/C12H13N3O3/c1-6-2-7(3-16)18-10(6)8-4-17-11-9(8)14-5-15-12(11)13/h2,4-5,7,10,16H,3H2,1H3,(H2,13,14,15)/t7-,10+/m0/s1. The fraction of sp³-hybridized carbons (Fsp3) is 0.333. The van der Waals surface area contributed by atoms with E-state index in [-0.39, 0.29) is 18.8 Å². The van der Waals surface area contributed by atoms with Crippen LogP contribution in [0.3, 0.4) is 0 Å². The molecule has 0 bridgehead atoms. The molecule has 1 aliphatic heterocycles. The Morgan fingerprint density at radius 3 is 3.00 bits per heavy atom. The van der Waals surface area contributed by atoms with Gasteiger partial charge < -0.3 is 20.0 Å². The molecule has 18 heavy (non-hydrogen) atoms. The number of nitrogens with zero attached hydrogens (tertiary/aromatic N) is 2. The minimum absolute atomic E-state index is 0.0409. The molecule has 0 aromatic carbocycles. The molecule has 2 aromatic rings. The predicted molar refractivity (Wildman–Crippen MR) is 64.7 cm³/mol. The maximum absolute atomic E-state index is 9.12. The third-order valence-corrected chi connectivity index (χ3v) is 3.04. The quantitative estimate of drug-likeness (QED) is 0.774. The summed E-state index contributed by atoms with van der Waals surface area (Å²) in [6.45, 7) is 1.91. The summed E-state index contributed by atoms with van der Waals surface area (Å²) in [6, 6.07) is 0. The number of hydrogen-bond acceptors (Lipinski definition) is 6. The Kier molecular flexibility index (Phi) is 2.53. The van der Waals surface area contributed by atoms with Crippen molar-refractivity contribution in [3.63, 3.8) is 0 Å². The molecule has 3 N–H and O–H groups in total. The zero-order valence-electron chi connectivity index (χ0n) is 9.83. The van der Waals surface area contributed by atoms with Gasteiger partial charge in [0.1, 0.15) is 24.1 Å². The van der Waals surface area contributed by atoms with Crippen molar-refractivity contribution < 1.29 is 14.3 Å². The Morgan fingerprint density at radius 2 is 2.28 bits per heavy atom. The van der Waals surface area contributed by atoms with Crippen LogP contribution in [0.1, 0.15) is 18.6 Å². The molecule has 2 atom stereocenters. The van der Waals surface area contributed by atoms with E-state index in [0.717, 1.165) is 11.1 Å². The molecule has 0 amide bonds. The van der Waals surface area contributed by atoms with Crippen molar-refractivity contribution in [2.45, 2.75) is 19.1 Å². The van der Waals surface area contributed by atoms with Crippen LogP contribution in [0, 0.1) is 0 Å². The van der Waals surface area contributed by atoms with Gasteiger partial charge in [-0.25, -0.2) is 9.97 Å². The highest BCUT2D eigenvalue weighted by atomic mass is 16.5. The monoisotopic (exact) mass is 247 g/mol. The number of rotatable bonds is 2. The van der Waals surface area contributed by atoms with Crippen LogP contribution in [0.4, 0.5) is 5.82 Å². The molecule has 0 fully saturated rings. The van der Waals surface area contributed by atoms with Crippen molar-refractivity contribution in [1.82, 2.24) is 9.97 Å². The second-order valence-corrected chi connectivity index (χ2v) is 4.28. The van der Waals surface area contributed by atoms with Gasteiger partial charge in [0.05, 0.1) is 12.9 Å². The molecule has 3 heterocycles. The average molecular weight is 247 g/mol. The minimum atomic E-state index is -0.279. The van der Waals surface area contributed by atoms with E-state index in [9.17, 15) is 0 Å². The van der Waals surface area contributed by atoms with Gasteiger partial charge >= 0.3 is 0 Å². The highest BCUT2D eigenvalue weighted by Crippen LogP contribution is 2.37. The Balaban J connectivity index is 2.06. The number of nitrogen functional groups attached to an aromatic ring is 1. The summed E-state index contributed by atoms with van der Waals surface area (Å²) < 4.78 is 11.1. The SMILES string of the molecule is CC1=C[C@@H](CO)O[C@H]1c1coc2c(N)ncnc12. The smallest absolute Gasteiger partial charge is 0.194 e. The van der Waals surface area contributed by atoms with Gasteiger partial charge in [-0.15, -0.1) is 0 Å². The second kappa shape index (κ2) is 4.08. The topological polar surface area (TPSA) is 94.4 Å². The first-order valence-electron chi connectivity index (χ1n) is 5.63. The van der Waals surface area contributed by atoms with E-state index < -0.39 is 0 Å². The van der Waals surface area contributed by atoms with Crippen molar-refractivity contribution in [3.8, 4) is 0 Å². The van der Waals surface area contributed by atoms with Crippen LogP contribution in [-0.4, -0.2) is 27.8 Å². The van der Waals surface area contributed by atoms with E-state index in [2.05, 4.69) is 9.97 Å². The summed E-state index contributed by atoms with van der Waals surface area (Å²) in [5.41, 5.74) is 8.67. The van der Waals surface area contributed by atoms with Crippen molar-refractivity contribution in [1.29, 1.82) is 0 Å². The Hall–Kier alpha value is -1.92. The van der Waals surface area contributed by atoms with Crippen LogP contribution in [0.2, 0.25) is 0 Å². The van der Waals surface area contributed by atoms with E-state index in [1.807, 2.05) is 13.0 Å². The van der Waals surface area contributed by atoms with Crippen molar-refractivity contribution in [2.75, 3.05) is 12.3 Å².